The summed E-state index contributed by atoms with van der Waals surface area (Å²) in [7, 11) is 0. The number of rotatable bonds is 5. The molecule has 1 fully saturated rings. The zero-order valence-corrected chi connectivity index (χ0v) is 16.2. The number of nitrogens with zero attached hydrogens (tertiary/aromatic N) is 1. The van der Waals surface area contributed by atoms with Crippen LogP contribution in [0.4, 0.5) is 17.6 Å². The fourth-order valence-corrected chi connectivity index (χ4v) is 3.98. The van der Waals surface area contributed by atoms with Crippen LogP contribution in [-0.4, -0.2) is 30.9 Å². The summed E-state index contributed by atoms with van der Waals surface area (Å²) in [6, 6.07) is 8.69. The van der Waals surface area contributed by atoms with Crippen LogP contribution in [-0.2, 0) is 24.0 Å². The van der Waals surface area contributed by atoms with Crippen molar-refractivity contribution in [2.75, 3.05) is 26.0 Å². The van der Waals surface area contributed by atoms with Gasteiger partial charge in [-0.05, 0) is 47.2 Å². The van der Waals surface area contributed by atoms with Crippen LogP contribution in [0.2, 0.25) is 0 Å². The van der Waals surface area contributed by atoms with Gasteiger partial charge in [0.15, 0.2) is 0 Å². The maximum atomic E-state index is 13.7. The average Bonchev–Trinajstić information content (AvgIpc) is 2.66. The van der Waals surface area contributed by atoms with Crippen LogP contribution < -0.4 is 5.73 Å². The fourth-order valence-electron chi connectivity index (χ4n) is 3.37. The van der Waals surface area contributed by atoms with Gasteiger partial charge in [0.05, 0.1) is 18.3 Å². The van der Waals surface area contributed by atoms with E-state index in [1.165, 1.54) is 0 Å². The van der Waals surface area contributed by atoms with Crippen LogP contribution in [0.3, 0.4) is 0 Å². The Kier molecular flexibility index (Phi) is 6.65. The molecule has 3 nitrogen and oxygen atoms in total. The van der Waals surface area contributed by atoms with E-state index in [4.69, 9.17) is 10.5 Å². The van der Waals surface area contributed by atoms with Gasteiger partial charge in [-0.2, -0.15) is 13.2 Å². The van der Waals surface area contributed by atoms with Crippen molar-refractivity contribution in [2.24, 2.45) is 5.73 Å². The molecule has 2 aromatic rings. The maximum Gasteiger partial charge on any atom is 0.416 e. The first-order chi connectivity index (χ1) is 13.3. The van der Waals surface area contributed by atoms with Crippen LogP contribution in [0, 0.1) is 5.82 Å². The predicted molar refractivity (Wildman–Crippen MR) is 101 cm³/mol. The van der Waals surface area contributed by atoms with E-state index in [0.717, 1.165) is 28.2 Å². The van der Waals surface area contributed by atoms with Crippen LogP contribution in [0.15, 0.2) is 41.3 Å². The van der Waals surface area contributed by atoms with Crippen LogP contribution in [0.1, 0.15) is 28.4 Å². The largest absolute Gasteiger partial charge is 0.416 e. The highest BCUT2D eigenvalue weighted by molar-refractivity contribution is 7.98. The highest BCUT2D eigenvalue weighted by Gasteiger charge is 2.31. The Hall–Kier alpha value is -1.61. The highest BCUT2D eigenvalue weighted by atomic mass is 32.2. The summed E-state index contributed by atoms with van der Waals surface area (Å²) < 4.78 is 58.3. The molecule has 1 aliphatic rings. The minimum atomic E-state index is -4.57. The van der Waals surface area contributed by atoms with Crippen molar-refractivity contribution in [3.63, 3.8) is 0 Å². The Morgan fingerprint density at radius 3 is 2.68 bits per heavy atom. The van der Waals surface area contributed by atoms with Crippen molar-refractivity contribution >= 4 is 11.8 Å². The van der Waals surface area contributed by atoms with Gasteiger partial charge in [-0.1, -0.05) is 12.1 Å². The van der Waals surface area contributed by atoms with Crippen molar-refractivity contribution in [1.82, 2.24) is 4.90 Å². The molecule has 0 aliphatic carbocycles. The maximum absolute atomic E-state index is 13.7. The summed E-state index contributed by atoms with van der Waals surface area (Å²) in [4.78, 5) is 3.09. The molecule has 0 amide bonds. The lowest BCUT2D eigenvalue weighted by Gasteiger charge is -2.33. The van der Waals surface area contributed by atoms with Crippen LogP contribution >= 0.6 is 11.8 Å². The Labute approximate surface area is 165 Å². The zero-order valence-electron chi connectivity index (χ0n) is 15.4. The standard InChI is InChI=1S/C20H22F4N2OS/c1-28-19-3-2-14(8-15(19)10-25)18-12-26(4-5-27-18)11-13-6-16(20(22,23)24)9-17(21)7-13/h2-3,6-9,18H,4-5,10-12,25H2,1H3. The SMILES string of the molecule is CSc1ccc(C2CN(Cc3cc(F)cc(C(F)(F)F)c3)CCO2)cc1CN. The number of morpholine rings is 1. The monoisotopic (exact) mass is 414 g/mol. The molecule has 3 rings (SSSR count). The number of hydrogen-bond acceptors (Lipinski definition) is 4. The molecule has 1 aliphatic heterocycles. The smallest absolute Gasteiger partial charge is 0.371 e. The molecule has 28 heavy (non-hydrogen) atoms. The second-order valence-corrected chi connectivity index (χ2v) is 7.56. The van der Waals surface area contributed by atoms with E-state index in [2.05, 4.69) is 0 Å². The van der Waals surface area contributed by atoms with E-state index in [9.17, 15) is 17.6 Å². The Bertz CT molecular complexity index is 828. The molecule has 1 unspecified atom stereocenters. The summed E-state index contributed by atoms with van der Waals surface area (Å²) in [5.41, 5.74) is 7.18. The minimum Gasteiger partial charge on any atom is -0.371 e. The number of hydrogen-bond donors (Lipinski definition) is 1. The number of alkyl halides is 3. The predicted octanol–water partition coefficient (Wildman–Crippen LogP) is 4.60. The van der Waals surface area contributed by atoms with Gasteiger partial charge in [-0.25, -0.2) is 4.39 Å². The number of thioether (sulfide) groups is 1. The first-order valence-corrected chi connectivity index (χ1v) is 10.1. The molecule has 8 heteroatoms. The number of nitrogens with two attached hydrogens (primary N) is 1. The molecule has 0 spiro atoms. The van der Waals surface area contributed by atoms with E-state index in [0.29, 0.717) is 37.9 Å². The first kappa shape index (κ1) is 21.1. The van der Waals surface area contributed by atoms with Gasteiger partial charge in [0.2, 0.25) is 0 Å². The normalized spacial score (nSPS) is 18.4. The first-order valence-electron chi connectivity index (χ1n) is 8.87. The molecule has 1 atom stereocenters. The summed E-state index contributed by atoms with van der Waals surface area (Å²) in [5.74, 6) is -0.880. The topological polar surface area (TPSA) is 38.5 Å². The Balaban J connectivity index is 1.75. The molecule has 0 aromatic heterocycles. The van der Waals surface area contributed by atoms with Crippen molar-refractivity contribution < 1.29 is 22.3 Å². The lowest BCUT2D eigenvalue weighted by molar-refractivity contribution is -0.137. The summed E-state index contributed by atoms with van der Waals surface area (Å²) in [6.45, 7) is 2.19. The van der Waals surface area contributed by atoms with Gasteiger partial charge >= 0.3 is 6.18 Å². The zero-order chi connectivity index (χ0) is 20.3. The van der Waals surface area contributed by atoms with E-state index in [1.807, 2.05) is 29.4 Å². The van der Waals surface area contributed by atoms with E-state index >= 15 is 0 Å². The minimum absolute atomic E-state index is 0.203. The third-order valence-corrected chi connectivity index (χ3v) is 5.58. The molecule has 2 N–H and O–H groups in total. The van der Waals surface area contributed by atoms with Crippen LogP contribution in [0.25, 0.3) is 0 Å². The van der Waals surface area contributed by atoms with Crippen LogP contribution in [0.5, 0.6) is 0 Å². The second kappa shape index (κ2) is 8.82. The van der Waals surface area contributed by atoms with Gasteiger partial charge in [0.1, 0.15) is 5.82 Å². The fraction of sp³-hybridized carbons (Fsp3) is 0.400. The van der Waals surface area contributed by atoms with E-state index in [1.54, 1.807) is 11.8 Å². The molecular weight excluding hydrogens is 392 g/mol. The molecule has 0 bridgehead atoms. The van der Waals surface area contributed by atoms with Crippen molar-refractivity contribution in [3.05, 3.63) is 64.5 Å². The van der Waals surface area contributed by atoms with Crippen molar-refractivity contribution in [2.45, 2.75) is 30.3 Å². The van der Waals surface area contributed by atoms with Gasteiger partial charge in [-0.15, -0.1) is 11.8 Å². The van der Waals surface area contributed by atoms with Gasteiger partial charge in [0.25, 0.3) is 0 Å². The molecule has 1 heterocycles. The third kappa shape index (κ3) is 5.05. The molecule has 1 saturated heterocycles. The number of halogens is 4. The molecular formula is C20H22F4N2OS. The third-order valence-electron chi connectivity index (χ3n) is 4.74. The number of ether oxygens (including phenoxy) is 1. The lowest BCUT2D eigenvalue weighted by Crippen LogP contribution is -2.37. The summed E-state index contributed by atoms with van der Waals surface area (Å²) in [6.07, 6.45) is -2.78. The van der Waals surface area contributed by atoms with Crippen molar-refractivity contribution in [3.8, 4) is 0 Å². The molecule has 152 valence electrons. The molecule has 2 aromatic carbocycles. The quantitative estimate of drug-likeness (QED) is 0.573. The van der Waals surface area contributed by atoms with Gasteiger partial charge in [0, 0.05) is 31.1 Å². The highest BCUT2D eigenvalue weighted by Crippen LogP contribution is 2.32. The summed E-state index contributed by atoms with van der Waals surface area (Å²) in [5, 5.41) is 0. The summed E-state index contributed by atoms with van der Waals surface area (Å²) >= 11 is 1.62. The lowest BCUT2D eigenvalue weighted by atomic mass is 10.0. The van der Waals surface area contributed by atoms with Gasteiger partial charge < -0.3 is 10.5 Å². The number of benzene rings is 2. The van der Waals surface area contributed by atoms with Crippen molar-refractivity contribution in [1.29, 1.82) is 0 Å². The molecule has 0 radical (unpaired) electrons. The van der Waals surface area contributed by atoms with E-state index < -0.39 is 17.6 Å². The van der Waals surface area contributed by atoms with Gasteiger partial charge in [-0.3, -0.25) is 4.90 Å². The average molecular weight is 414 g/mol. The Morgan fingerprint density at radius 2 is 2.00 bits per heavy atom. The molecule has 0 saturated carbocycles. The second-order valence-electron chi connectivity index (χ2n) is 6.72. The van der Waals surface area contributed by atoms with E-state index in [-0.39, 0.29) is 12.6 Å². The Morgan fingerprint density at radius 1 is 1.21 bits per heavy atom.